The van der Waals surface area contributed by atoms with E-state index in [2.05, 4.69) is 9.97 Å². The van der Waals surface area contributed by atoms with E-state index < -0.39 is 11.5 Å². The second-order valence-electron chi connectivity index (χ2n) is 3.78. The highest BCUT2D eigenvalue weighted by Crippen LogP contribution is 2.12. The van der Waals surface area contributed by atoms with Gasteiger partial charge in [0, 0.05) is 25.1 Å². The largest absolute Gasteiger partial charge is 0.338 e. The molecule has 0 bridgehead atoms. The van der Waals surface area contributed by atoms with Crippen molar-refractivity contribution in [3.63, 3.8) is 0 Å². The Morgan fingerprint density at radius 3 is 2.94 bits per heavy atom. The Hall–Kier alpha value is -1.43. The number of carbonyl (C=O) groups excluding carboxylic acids is 1. The van der Waals surface area contributed by atoms with E-state index in [0.29, 0.717) is 30.6 Å². The zero-order chi connectivity index (χ0) is 12.4. The van der Waals surface area contributed by atoms with Crippen LogP contribution in [0.25, 0.3) is 0 Å². The van der Waals surface area contributed by atoms with E-state index in [1.165, 1.54) is 11.2 Å². The van der Waals surface area contributed by atoms with Crippen LogP contribution in [0.15, 0.2) is 11.1 Å². The van der Waals surface area contributed by atoms with Crippen LogP contribution in [-0.4, -0.2) is 39.5 Å². The number of rotatable bonds is 1. The van der Waals surface area contributed by atoms with Crippen molar-refractivity contribution < 1.29 is 9.18 Å². The van der Waals surface area contributed by atoms with E-state index in [4.69, 9.17) is 11.6 Å². The van der Waals surface area contributed by atoms with Crippen LogP contribution >= 0.6 is 11.6 Å². The van der Waals surface area contributed by atoms with Crippen LogP contribution in [-0.2, 0) is 17.6 Å². The molecule has 1 aromatic heterocycles. The topological polar surface area (TPSA) is 66.1 Å². The molecule has 0 spiro atoms. The molecule has 1 aliphatic rings. The van der Waals surface area contributed by atoms with Gasteiger partial charge in [0.15, 0.2) is 0 Å². The van der Waals surface area contributed by atoms with Crippen LogP contribution in [0.4, 0.5) is 4.39 Å². The number of alkyl halides is 2. The summed E-state index contributed by atoms with van der Waals surface area (Å²) >= 11 is 5.12. The van der Waals surface area contributed by atoms with E-state index in [1.54, 1.807) is 0 Å². The summed E-state index contributed by atoms with van der Waals surface area (Å²) in [6, 6.07) is 0. The first-order chi connectivity index (χ1) is 8.09. The molecule has 0 saturated carbocycles. The van der Waals surface area contributed by atoms with Crippen molar-refractivity contribution >= 4 is 17.5 Å². The third kappa shape index (κ3) is 2.46. The van der Waals surface area contributed by atoms with Gasteiger partial charge in [0.25, 0.3) is 17.1 Å². The smallest absolute Gasteiger partial charge is 0.272 e. The number of H-pyrrole nitrogens is 1. The molecular formula is C10H11ClFN3O2. The molecule has 7 heteroatoms. The van der Waals surface area contributed by atoms with Crippen LogP contribution in [0.1, 0.15) is 11.3 Å². The lowest BCUT2D eigenvalue weighted by molar-refractivity contribution is -0.133. The molecule has 2 heterocycles. The number of halogens is 2. The van der Waals surface area contributed by atoms with Gasteiger partial charge < -0.3 is 9.88 Å². The lowest BCUT2D eigenvalue weighted by Crippen LogP contribution is -2.37. The minimum atomic E-state index is -2.03. The highest BCUT2D eigenvalue weighted by molar-refractivity contribution is 6.29. The highest BCUT2D eigenvalue weighted by Gasteiger charge is 2.25. The number of nitrogens with zero attached hydrogens (tertiary/aromatic N) is 2. The fourth-order valence-corrected chi connectivity index (χ4v) is 2.03. The average molecular weight is 260 g/mol. The van der Waals surface area contributed by atoms with Gasteiger partial charge in [-0.1, -0.05) is 11.6 Å². The van der Waals surface area contributed by atoms with Crippen LogP contribution < -0.4 is 5.56 Å². The Balaban J connectivity index is 2.20. The van der Waals surface area contributed by atoms with Gasteiger partial charge in [-0.2, -0.15) is 0 Å². The molecular weight excluding hydrogens is 249 g/mol. The lowest BCUT2D eigenvalue weighted by atomic mass is 10.1. The molecule has 5 nitrogen and oxygen atoms in total. The second kappa shape index (κ2) is 4.83. The third-order valence-electron chi connectivity index (χ3n) is 2.79. The number of amides is 1. The Labute approximate surface area is 102 Å². The molecule has 0 radical (unpaired) electrons. The summed E-state index contributed by atoms with van der Waals surface area (Å²) in [5.41, 5.74) is -1.00. The molecule has 0 aliphatic carbocycles. The standard InChI is InChI=1S/C10H11ClFN3O2/c11-8(12)10(17)15-3-1-6-7(2-4-15)13-5-14-9(6)16/h5,8H,1-4H2,(H,13,14,16). The maximum absolute atomic E-state index is 12.7. The molecule has 1 amide bonds. The first-order valence-electron chi connectivity index (χ1n) is 5.22. The monoisotopic (exact) mass is 259 g/mol. The number of hydrogen-bond acceptors (Lipinski definition) is 3. The van der Waals surface area contributed by atoms with E-state index in [0.717, 1.165) is 0 Å². The highest BCUT2D eigenvalue weighted by atomic mass is 35.5. The van der Waals surface area contributed by atoms with Crippen molar-refractivity contribution in [3.05, 3.63) is 27.9 Å². The van der Waals surface area contributed by atoms with E-state index in [9.17, 15) is 14.0 Å². The summed E-state index contributed by atoms with van der Waals surface area (Å²) in [6.45, 7) is 0.614. The van der Waals surface area contributed by atoms with Crippen molar-refractivity contribution in [2.24, 2.45) is 0 Å². The van der Waals surface area contributed by atoms with Crippen molar-refractivity contribution in [3.8, 4) is 0 Å². The molecule has 92 valence electrons. The van der Waals surface area contributed by atoms with Crippen LogP contribution in [0.5, 0.6) is 0 Å². The van der Waals surface area contributed by atoms with E-state index >= 15 is 0 Å². The van der Waals surface area contributed by atoms with E-state index in [1.807, 2.05) is 0 Å². The quantitative estimate of drug-likeness (QED) is 0.735. The third-order valence-corrected chi connectivity index (χ3v) is 2.97. The molecule has 0 fully saturated rings. The fraction of sp³-hybridized carbons (Fsp3) is 0.500. The van der Waals surface area contributed by atoms with Gasteiger partial charge in [-0.05, 0) is 6.42 Å². The normalized spacial score (nSPS) is 17.2. The maximum Gasteiger partial charge on any atom is 0.272 e. The summed E-state index contributed by atoms with van der Waals surface area (Å²) in [6.07, 6.45) is 2.14. The van der Waals surface area contributed by atoms with Crippen molar-refractivity contribution in [2.75, 3.05) is 13.1 Å². The predicted octanol–water partition coefficient (Wildman–Crippen LogP) is 0.232. The Bertz CT molecular complexity index is 489. The summed E-state index contributed by atoms with van der Waals surface area (Å²) < 4.78 is 12.7. The number of aromatic nitrogens is 2. The van der Waals surface area contributed by atoms with Crippen LogP contribution in [0, 0.1) is 0 Å². The Kier molecular flexibility index (Phi) is 3.42. The summed E-state index contributed by atoms with van der Waals surface area (Å²) in [4.78, 5) is 30.8. The first-order valence-corrected chi connectivity index (χ1v) is 5.65. The van der Waals surface area contributed by atoms with Gasteiger partial charge >= 0.3 is 0 Å². The zero-order valence-corrected chi connectivity index (χ0v) is 9.71. The SMILES string of the molecule is O=C(C(F)Cl)N1CCc2nc[nH]c(=O)c2CC1. The number of fused-ring (bicyclic) bond motifs is 1. The van der Waals surface area contributed by atoms with Gasteiger partial charge in [0.1, 0.15) is 0 Å². The van der Waals surface area contributed by atoms with Gasteiger partial charge in [-0.15, -0.1) is 0 Å². The number of nitrogens with one attached hydrogen (secondary N) is 1. The average Bonchev–Trinajstić information content (AvgIpc) is 2.51. The second-order valence-corrected chi connectivity index (χ2v) is 4.17. The minimum Gasteiger partial charge on any atom is -0.338 e. The van der Waals surface area contributed by atoms with Gasteiger partial charge in [-0.25, -0.2) is 9.37 Å². The molecule has 0 saturated heterocycles. The molecule has 1 aliphatic heterocycles. The van der Waals surface area contributed by atoms with E-state index in [-0.39, 0.29) is 12.1 Å². The van der Waals surface area contributed by atoms with Gasteiger partial charge in [0.2, 0.25) is 0 Å². The molecule has 2 rings (SSSR count). The van der Waals surface area contributed by atoms with Crippen molar-refractivity contribution in [1.29, 1.82) is 0 Å². The number of carbonyl (C=O) groups is 1. The molecule has 0 aromatic carbocycles. The Morgan fingerprint density at radius 2 is 2.24 bits per heavy atom. The lowest BCUT2D eigenvalue weighted by Gasteiger charge is -2.19. The zero-order valence-electron chi connectivity index (χ0n) is 8.95. The summed E-state index contributed by atoms with van der Waals surface area (Å²) in [7, 11) is 0. The van der Waals surface area contributed by atoms with Gasteiger partial charge in [0.05, 0.1) is 12.0 Å². The molecule has 1 N–H and O–H groups in total. The molecule has 1 atom stereocenters. The molecule has 1 unspecified atom stereocenters. The fourth-order valence-electron chi connectivity index (χ4n) is 1.90. The number of aromatic amines is 1. The maximum atomic E-state index is 12.7. The summed E-state index contributed by atoms with van der Waals surface area (Å²) in [5.74, 6) is -0.754. The first kappa shape index (κ1) is 12.0. The number of hydrogen-bond donors (Lipinski definition) is 1. The minimum absolute atomic E-state index is 0.202. The molecule has 17 heavy (non-hydrogen) atoms. The molecule has 1 aromatic rings. The predicted molar refractivity (Wildman–Crippen MR) is 59.6 cm³/mol. The van der Waals surface area contributed by atoms with Crippen LogP contribution in [0.3, 0.4) is 0 Å². The van der Waals surface area contributed by atoms with Crippen molar-refractivity contribution in [2.45, 2.75) is 18.5 Å². The Morgan fingerprint density at radius 1 is 1.53 bits per heavy atom. The summed E-state index contributed by atoms with van der Waals surface area (Å²) in [5, 5.41) is 0. The van der Waals surface area contributed by atoms with Gasteiger partial charge in [-0.3, -0.25) is 9.59 Å². The van der Waals surface area contributed by atoms with Crippen molar-refractivity contribution in [1.82, 2.24) is 14.9 Å². The van der Waals surface area contributed by atoms with Crippen LogP contribution in [0.2, 0.25) is 0 Å².